The normalized spacial score (nSPS) is 16.8. The summed E-state index contributed by atoms with van der Waals surface area (Å²) in [7, 11) is 0. The first-order valence-corrected chi connectivity index (χ1v) is 24.5. The molecule has 0 atom stereocenters. The predicted octanol–water partition coefficient (Wildman–Crippen LogP) is 7.25. The van der Waals surface area contributed by atoms with E-state index in [-0.39, 0.29) is 23.6 Å². The van der Waals surface area contributed by atoms with Gasteiger partial charge < -0.3 is 19.6 Å². The van der Waals surface area contributed by atoms with Gasteiger partial charge in [0.25, 0.3) is 23.6 Å². The lowest BCUT2D eigenvalue weighted by Gasteiger charge is -2.48. The molecule has 10 rings (SSSR count). The number of hydrogen-bond donors (Lipinski definition) is 0. The minimum absolute atomic E-state index is 0.0851. The molecule has 6 aromatic rings. The highest BCUT2D eigenvalue weighted by atomic mass is 32.1. The Morgan fingerprint density at radius 3 is 1.36 bits per heavy atom. The number of rotatable bonds is 9. The van der Waals surface area contributed by atoms with Gasteiger partial charge in [0.05, 0.1) is 14.6 Å². The minimum Gasteiger partial charge on any atom is -0.336 e. The van der Waals surface area contributed by atoms with Crippen LogP contribution in [0.1, 0.15) is 60.9 Å². The Morgan fingerprint density at radius 1 is 0.424 bits per heavy atom. The number of piperazine rings is 2. The summed E-state index contributed by atoms with van der Waals surface area (Å²) in [6.07, 6.45) is 1.97. The molecule has 4 saturated heterocycles. The molecule has 4 aliphatic rings. The first-order chi connectivity index (χ1) is 32.3. The molecule has 4 fully saturated rings. The predicted molar refractivity (Wildman–Crippen MR) is 262 cm³/mol. The van der Waals surface area contributed by atoms with Crippen molar-refractivity contribution < 1.29 is 19.2 Å². The minimum atomic E-state index is 0.0851. The fourth-order valence-corrected chi connectivity index (χ4v) is 10.6. The number of amides is 4. The summed E-state index contributed by atoms with van der Waals surface area (Å²) in [6, 6.07) is 47.9. The second-order valence-electron chi connectivity index (χ2n) is 17.1. The highest BCUT2D eigenvalue weighted by molar-refractivity contribution is 7.14. The maximum absolute atomic E-state index is 12.9. The van der Waals surface area contributed by atoms with Crippen LogP contribution in [0.15, 0.2) is 146 Å². The summed E-state index contributed by atoms with van der Waals surface area (Å²) >= 11 is 3.08. The van der Waals surface area contributed by atoms with Crippen molar-refractivity contribution in [3.8, 4) is 11.8 Å². The number of carbonyl (C=O) groups is 4. The van der Waals surface area contributed by atoms with Crippen LogP contribution in [-0.4, -0.2) is 144 Å². The SMILES string of the molecule is O=C(c1ccccc1)N1CCN(C2CN(C(=O)c3ccc(C#Cc4ccccc4)s3)C2)CC1.O=C(c1ccccc1)N1CCN(C2CN(C(=O)c3ccc(CCc4ccccc4)s3)C2)CC1. The third-order valence-electron chi connectivity index (χ3n) is 12.9. The summed E-state index contributed by atoms with van der Waals surface area (Å²) in [6.45, 7) is 9.43. The second-order valence-corrected chi connectivity index (χ2v) is 19.4. The Labute approximate surface area is 395 Å². The van der Waals surface area contributed by atoms with Gasteiger partial charge in [0, 0.05) is 112 Å². The van der Waals surface area contributed by atoms with E-state index < -0.39 is 0 Å². The Balaban J connectivity index is 0.000000166. The van der Waals surface area contributed by atoms with Gasteiger partial charge >= 0.3 is 0 Å². The van der Waals surface area contributed by atoms with E-state index in [0.717, 1.165) is 123 Å². The van der Waals surface area contributed by atoms with Crippen molar-refractivity contribution in [2.24, 2.45) is 0 Å². The van der Waals surface area contributed by atoms with E-state index >= 15 is 0 Å². The smallest absolute Gasteiger partial charge is 0.264 e. The lowest BCUT2D eigenvalue weighted by molar-refractivity contribution is 0.00832. The van der Waals surface area contributed by atoms with Crippen LogP contribution in [0.5, 0.6) is 0 Å². The van der Waals surface area contributed by atoms with E-state index in [1.807, 2.05) is 135 Å². The molecule has 10 nitrogen and oxygen atoms in total. The van der Waals surface area contributed by atoms with Crippen molar-refractivity contribution >= 4 is 46.3 Å². The standard InChI is InChI=1S/C27H29N3O2S.C27H25N3O2S/c2*31-26(22-9-5-2-6-10-22)29-17-15-28(16-18-29)23-19-30(20-23)27(32)25-14-13-24(33-25)12-11-21-7-3-1-4-8-21/h1-10,13-14,23H,11-12,15-20H2;1-10,13-14,23H,15-20H2. The van der Waals surface area contributed by atoms with Gasteiger partial charge in [0.15, 0.2) is 0 Å². The van der Waals surface area contributed by atoms with Crippen molar-refractivity contribution in [3.63, 3.8) is 0 Å². The molecule has 6 heterocycles. The Morgan fingerprint density at radius 2 is 0.864 bits per heavy atom. The zero-order valence-corrected chi connectivity index (χ0v) is 38.7. The molecular weight excluding hydrogens is 861 g/mol. The van der Waals surface area contributed by atoms with E-state index in [1.165, 1.54) is 21.8 Å². The molecule has 0 bridgehead atoms. The van der Waals surface area contributed by atoms with Crippen molar-refractivity contribution in [3.05, 3.63) is 187 Å². The summed E-state index contributed by atoms with van der Waals surface area (Å²) < 4.78 is 0. The van der Waals surface area contributed by atoms with Crippen molar-refractivity contribution in [1.29, 1.82) is 0 Å². The molecule has 0 radical (unpaired) electrons. The molecular formula is C54H54N6O4S2. The van der Waals surface area contributed by atoms with E-state index in [9.17, 15) is 19.2 Å². The molecule has 4 aromatic carbocycles. The monoisotopic (exact) mass is 914 g/mol. The molecule has 4 amide bonds. The molecule has 336 valence electrons. The number of nitrogens with zero attached hydrogens (tertiary/aromatic N) is 6. The van der Waals surface area contributed by atoms with Crippen LogP contribution in [0.3, 0.4) is 0 Å². The van der Waals surface area contributed by atoms with Crippen LogP contribution in [-0.2, 0) is 12.8 Å². The van der Waals surface area contributed by atoms with Crippen LogP contribution < -0.4 is 0 Å². The largest absolute Gasteiger partial charge is 0.336 e. The average molecular weight is 915 g/mol. The topological polar surface area (TPSA) is 87.7 Å². The molecule has 0 unspecified atom stereocenters. The van der Waals surface area contributed by atoms with Gasteiger partial charge in [-0.15, -0.1) is 22.7 Å². The number of hydrogen-bond acceptors (Lipinski definition) is 8. The highest BCUT2D eigenvalue weighted by Gasteiger charge is 2.39. The number of aryl methyl sites for hydroxylation is 2. The number of thiophene rings is 2. The van der Waals surface area contributed by atoms with E-state index in [1.54, 1.807) is 11.3 Å². The summed E-state index contributed by atoms with van der Waals surface area (Å²) in [5, 5.41) is 0. The Bertz CT molecular complexity index is 2640. The van der Waals surface area contributed by atoms with Gasteiger partial charge in [-0.3, -0.25) is 29.0 Å². The summed E-state index contributed by atoms with van der Waals surface area (Å²) in [4.78, 5) is 67.4. The molecule has 0 aliphatic carbocycles. The third-order valence-corrected chi connectivity index (χ3v) is 15.0. The molecule has 0 N–H and O–H groups in total. The van der Waals surface area contributed by atoms with Gasteiger partial charge in [-0.2, -0.15) is 0 Å². The summed E-state index contributed by atoms with van der Waals surface area (Å²) in [5.74, 6) is 6.75. The maximum atomic E-state index is 12.9. The average Bonchev–Trinajstić information content (AvgIpc) is 4.04. The Kier molecular flexibility index (Phi) is 14.5. The number of carbonyl (C=O) groups excluding carboxylic acids is 4. The fraction of sp³-hybridized carbons (Fsp3) is 0.296. The van der Waals surface area contributed by atoms with Crippen molar-refractivity contribution in [2.45, 2.75) is 24.9 Å². The van der Waals surface area contributed by atoms with Crippen LogP contribution >= 0.6 is 22.7 Å². The molecule has 66 heavy (non-hydrogen) atoms. The van der Waals surface area contributed by atoms with Gasteiger partial charge in [0.1, 0.15) is 0 Å². The third kappa shape index (κ3) is 11.0. The van der Waals surface area contributed by atoms with E-state index in [4.69, 9.17) is 0 Å². The Hall–Kier alpha value is -6.36. The van der Waals surface area contributed by atoms with Crippen LogP contribution in [0, 0.1) is 11.8 Å². The second kappa shape index (κ2) is 21.3. The fourth-order valence-electron chi connectivity index (χ4n) is 8.84. The zero-order valence-electron chi connectivity index (χ0n) is 37.0. The van der Waals surface area contributed by atoms with Crippen molar-refractivity contribution in [2.75, 3.05) is 78.5 Å². The van der Waals surface area contributed by atoms with Crippen LogP contribution in [0.2, 0.25) is 0 Å². The van der Waals surface area contributed by atoms with Crippen LogP contribution in [0.25, 0.3) is 0 Å². The number of benzene rings is 4. The van der Waals surface area contributed by atoms with Crippen LogP contribution in [0.4, 0.5) is 0 Å². The highest BCUT2D eigenvalue weighted by Crippen LogP contribution is 2.26. The van der Waals surface area contributed by atoms with E-state index in [2.05, 4.69) is 52.0 Å². The quantitative estimate of drug-likeness (QED) is 0.142. The first-order valence-electron chi connectivity index (χ1n) is 22.9. The lowest BCUT2D eigenvalue weighted by Crippen LogP contribution is -2.64. The molecule has 0 saturated carbocycles. The van der Waals surface area contributed by atoms with E-state index in [0.29, 0.717) is 12.1 Å². The van der Waals surface area contributed by atoms with Gasteiger partial charge in [0.2, 0.25) is 0 Å². The van der Waals surface area contributed by atoms with Gasteiger partial charge in [-0.1, -0.05) is 96.8 Å². The lowest BCUT2D eigenvalue weighted by atomic mass is 10.1. The molecule has 12 heteroatoms. The zero-order chi connectivity index (χ0) is 45.2. The first kappa shape index (κ1) is 44.8. The van der Waals surface area contributed by atoms with Gasteiger partial charge in [-0.25, -0.2) is 0 Å². The molecule has 2 aromatic heterocycles. The number of likely N-dealkylation sites (tertiary alicyclic amines) is 2. The van der Waals surface area contributed by atoms with Gasteiger partial charge in [-0.05, 0) is 79.1 Å². The molecule has 4 aliphatic heterocycles. The maximum Gasteiger partial charge on any atom is 0.264 e. The molecule has 0 spiro atoms. The van der Waals surface area contributed by atoms with Crippen molar-refractivity contribution in [1.82, 2.24) is 29.4 Å². The summed E-state index contributed by atoms with van der Waals surface area (Å²) in [5.41, 5.74) is 3.80.